The Morgan fingerprint density at radius 1 is 1.33 bits per heavy atom. The Labute approximate surface area is 123 Å². The van der Waals surface area contributed by atoms with Crippen LogP contribution in [0.5, 0.6) is 0 Å². The van der Waals surface area contributed by atoms with Gasteiger partial charge in [-0.25, -0.2) is 0 Å². The zero-order valence-corrected chi connectivity index (χ0v) is 13.1. The average Bonchev–Trinajstić information content (AvgIpc) is 2.39. The molecule has 0 heterocycles. The molecular weight excluding hydrogens is 312 g/mol. The molecule has 18 heavy (non-hydrogen) atoms. The first-order valence-corrected chi connectivity index (χ1v) is 8.18. The lowest BCUT2D eigenvalue weighted by molar-refractivity contribution is -0.0468. The Morgan fingerprint density at radius 3 is 2.72 bits per heavy atom. The van der Waals surface area contributed by atoms with Gasteiger partial charge < -0.3 is 4.74 Å². The third-order valence-corrected chi connectivity index (χ3v) is 4.70. The SMILES string of the molecule is CC1CCCCC1OC(CBr)c1ccccc1Cl. The Morgan fingerprint density at radius 2 is 2.06 bits per heavy atom. The summed E-state index contributed by atoms with van der Waals surface area (Å²) in [6.07, 6.45) is 5.51. The topological polar surface area (TPSA) is 9.23 Å². The van der Waals surface area contributed by atoms with Gasteiger partial charge in [-0.2, -0.15) is 0 Å². The first kappa shape index (κ1) is 14.4. The van der Waals surface area contributed by atoms with E-state index < -0.39 is 0 Å². The van der Waals surface area contributed by atoms with Gasteiger partial charge in [-0.05, 0) is 24.8 Å². The molecular formula is C15H20BrClO. The summed E-state index contributed by atoms with van der Waals surface area (Å²) < 4.78 is 6.29. The molecule has 0 radical (unpaired) electrons. The van der Waals surface area contributed by atoms with E-state index in [0.29, 0.717) is 12.0 Å². The molecule has 0 N–H and O–H groups in total. The zero-order chi connectivity index (χ0) is 13.0. The first-order valence-electron chi connectivity index (χ1n) is 6.68. The van der Waals surface area contributed by atoms with Gasteiger partial charge in [0.1, 0.15) is 0 Å². The minimum Gasteiger partial charge on any atom is -0.369 e. The van der Waals surface area contributed by atoms with Crippen LogP contribution in [0.3, 0.4) is 0 Å². The summed E-state index contributed by atoms with van der Waals surface area (Å²) in [4.78, 5) is 0. The zero-order valence-electron chi connectivity index (χ0n) is 10.7. The highest BCUT2D eigenvalue weighted by Gasteiger charge is 2.26. The van der Waals surface area contributed by atoms with Crippen molar-refractivity contribution in [1.29, 1.82) is 0 Å². The van der Waals surface area contributed by atoms with Gasteiger partial charge in [0.2, 0.25) is 0 Å². The summed E-state index contributed by atoms with van der Waals surface area (Å²) >= 11 is 9.80. The molecule has 0 aliphatic heterocycles. The van der Waals surface area contributed by atoms with Crippen LogP contribution >= 0.6 is 27.5 Å². The summed E-state index contributed by atoms with van der Waals surface area (Å²) in [6, 6.07) is 7.97. The van der Waals surface area contributed by atoms with Crippen LogP contribution in [0.15, 0.2) is 24.3 Å². The number of rotatable bonds is 4. The molecule has 3 heteroatoms. The molecule has 3 unspecified atom stereocenters. The summed E-state index contributed by atoms with van der Waals surface area (Å²) in [5.41, 5.74) is 1.09. The van der Waals surface area contributed by atoms with Crippen molar-refractivity contribution in [3.05, 3.63) is 34.9 Å². The monoisotopic (exact) mass is 330 g/mol. The molecule has 1 aliphatic rings. The maximum atomic E-state index is 6.29. The fourth-order valence-electron chi connectivity index (χ4n) is 2.62. The molecule has 2 rings (SSSR count). The fraction of sp³-hybridized carbons (Fsp3) is 0.600. The van der Waals surface area contributed by atoms with Crippen molar-refractivity contribution in [1.82, 2.24) is 0 Å². The second kappa shape index (κ2) is 6.93. The average molecular weight is 332 g/mol. The van der Waals surface area contributed by atoms with Crippen molar-refractivity contribution >= 4 is 27.5 Å². The summed E-state index contributed by atoms with van der Waals surface area (Å²) in [7, 11) is 0. The number of halogens is 2. The lowest BCUT2D eigenvalue weighted by Gasteiger charge is -2.32. The van der Waals surface area contributed by atoms with Crippen molar-refractivity contribution in [2.75, 3.05) is 5.33 Å². The van der Waals surface area contributed by atoms with E-state index in [1.165, 1.54) is 25.7 Å². The van der Waals surface area contributed by atoms with Gasteiger partial charge in [-0.1, -0.05) is 65.5 Å². The van der Waals surface area contributed by atoms with Crippen molar-refractivity contribution in [2.24, 2.45) is 5.92 Å². The minimum absolute atomic E-state index is 0.0595. The fourth-order valence-corrected chi connectivity index (χ4v) is 3.38. The smallest absolute Gasteiger partial charge is 0.0939 e. The van der Waals surface area contributed by atoms with E-state index in [4.69, 9.17) is 16.3 Å². The van der Waals surface area contributed by atoms with Crippen LogP contribution in [0.1, 0.15) is 44.3 Å². The summed E-state index contributed by atoms with van der Waals surface area (Å²) in [5, 5.41) is 1.59. The van der Waals surface area contributed by atoms with Crippen molar-refractivity contribution in [3.63, 3.8) is 0 Å². The molecule has 1 fully saturated rings. The molecule has 100 valence electrons. The van der Waals surface area contributed by atoms with Gasteiger partial charge in [-0.3, -0.25) is 0 Å². The summed E-state index contributed by atoms with van der Waals surface area (Å²) in [6.45, 7) is 2.29. The van der Waals surface area contributed by atoms with Gasteiger partial charge in [-0.15, -0.1) is 0 Å². The molecule has 1 aliphatic carbocycles. The molecule has 0 amide bonds. The molecule has 1 aromatic carbocycles. The van der Waals surface area contributed by atoms with Gasteiger partial charge in [0, 0.05) is 15.9 Å². The maximum Gasteiger partial charge on any atom is 0.0939 e. The molecule has 0 bridgehead atoms. The van der Waals surface area contributed by atoms with Gasteiger partial charge in [0.15, 0.2) is 0 Å². The second-order valence-electron chi connectivity index (χ2n) is 5.10. The molecule has 1 aromatic rings. The number of benzene rings is 1. The summed E-state index contributed by atoms with van der Waals surface area (Å²) in [5.74, 6) is 0.655. The second-order valence-corrected chi connectivity index (χ2v) is 6.16. The van der Waals surface area contributed by atoms with E-state index in [1.54, 1.807) is 0 Å². The predicted molar refractivity (Wildman–Crippen MR) is 80.5 cm³/mol. The highest BCUT2D eigenvalue weighted by molar-refractivity contribution is 9.09. The quantitative estimate of drug-likeness (QED) is 0.674. The normalized spacial score (nSPS) is 25.9. The van der Waals surface area contributed by atoms with E-state index in [1.807, 2.05) is 18.2 Å². The highest BCUT2D eigenvalue weighted by Crippen LogP contribution is 2.33. The van der Waals surface area contributed by atoms with Gasteiger partial charge in [0.05, 0.1) is 12.2 Å². The van der Waals surface area contributed by atoms with Gasteiger partial charge in [0.25, 0.3) is 0 Å². The number of ether oxygens (including phenoxy) is 1. The lowest BCUT2D eigenvalue weighted by Crippen LogP contribution is -2.28. The van der Waals surface area contributed by atoms with Crippen LogP contribution < -0.4 is 0 Å². The van der Waals surface area contributed by atoms with E-state index >= 15 is 0 Å². The molecule has 0 saturated heterocycles. The van der Waals surface area contributed by atoms with E-state index in [2.05, 4.69) is 28.9 Å². The third-order valence-electron chi connectivity index (χ3n) is 3.76. The maximum absolute atomic E-state index is 6.29. The molecule has 3 atom stereocenters. The van der Waals surface area contributed by atoms with E-state index in [-0.39, 0.29) is 6.10 Å². The van der Waals surface area contributed by atoms with Crippen LogP contribution in [0, 0.1) is 5.92 Å². The van der Waals surface area contributed by atoms with Crippen molar-refractivity contribution < 1.29 is 4.74 Å². The Bertz CT molecular complexity index is 383. The van der Waals surface area contributed by atoms with Crippen molar-refractivity contribution in [2.45, 2.75) is 44.8 Å². The van der Waals surface area contributed by atoms with Crippen LogP contribution in [-0.4, -0.2) is 11.4 Å². The van der Waals surface area contributed by atoms with Crippen LogP contribution in [0.4, 0.5) is 0 Å². The predicted octanol–water partition coefficient (Wildman–Crippen LogP) is 5.37. The standard InChI is InChI=1S/C15H20BrClO/c1-11-6-2-5-9-14(11)18-15(10-16)12-7-3-4-8-13(12)17/h3-4,7-8,11,14-15H,2,5-6,9-10H2,1H3. The van der Waals surface area contributed by atoms with E-state index in [0.717, 1.165) is 15.9 Å². The first-order chi connectivity index (χ1) is 8.72. The van der Waals surface area contributed by atoms with Gasteiger partial charge >= 0.3 is 0 Å². The third kappa shape index (κ3) is 3.49. The Hall–Kier alpha value is -0.0500. The number of hydrogen-bond donors (Lipinski definition) is 0. The van der Waals surface area contributed by atoms with Crippen molar-refractivity contribution in [3.8, 4) is 0 Å². The lowest BCUT2D eigenvalue weighted by atomic mass is 9.88. The molecule has 1 saturated carbocycles. The molecule has 0 aromatic heterocycles. The van der Waals surface area contributed by atoms with Crippen LogP contribution in [0.25, 0.3) is 0 Å². The molecule has 0 spiro atoms. The number of alkyl halides is 1. The van der Waals surface area contributed by atoms with Crippen LogP contribution in [0.2, 0.25) is 5.02 Å². The molecule has 1 nitrogen and oxygen atoms in total. The number of hydrogen-bond acceptors (Lipinski definition) is 1. The Balaban J connectivity index is 2.07. The largest absolute Gasteiger partial charge is 0.369 e. The minimum atomic E-state index is 0.0595. The van der Waals surface area contributed by atoms with E-state index in [9.17, 15) is 0 Å². The Kier molecular flexibility index (Phi) is 5.53. The highest BCUT2D eigenvalue weighted by atomic mass is 79.9. The van der Waals surface area contributed by atoms with Crippen LogP contribution in [-0.2, 0) is 4.74 Å².